The predicted molar refractivity (Wildman–Crippen MR) is 89.9 cm³/mol. The third kappa shape index (κ3) is 3.22. The zero-order valence-electron chi connectivity index (χ0n) is 13.1. The van der Waals surface area contributed by atoms with Crippen LogP contribution in [0.3, 0.4) is 0 Å². The SMILES string of the molecule is Cc1ccc(C2(C(=O)NCCCc3ccccc3)CC2)cc1. The number of hydrogen-bond acceptors (Lipinski definition) is 1. The Kier molecular flexibility index (Phi) is 4.28. The number of nitrogens with one attached hydrogen (secondary N) is 1. The first-order valence-electron chi connectivity index (χ1n) is 8.10. The van der Waals surface area contributed by atoms with Crippen molar-refractivity contribution in [3.8, 4) is 0 Å². The highest BCUT2D eigenvalue weighted by Gasteiger charge is 2.50. The van der Waals surface area contributed by atoms with E-state index in [0.29, 0.717) is 0 Å². The molecule has 2 aromatic carbocycles. The highest BCUT2D eigenvalue weighted by atomic mass is 16.2. The fraction of sp³-hybridized carbons (Fsp3) is 0.350. The monoisotopic (exact) mass is 293 g/mol. The lowest BCUT2D eigenvalue weighted by Crippen LogP contribution is -2.35. The molecule has 1 N–H and O–H groups in total. The van der Waals surface area contributed by atoms with E-state index in [1.54, 1.807) is 0 Å². The van der Waals surface area contributed by atoms with Crippen molar-refractivity contribution in [2.24, 2.45) is 0 Å². The van der Waals surface area contributed by atoms with Gasteiger partial charge in [-0.15, -0.1) is 0 Å². The lowest BCUT2D eigenvalue weighted by Gasteiger charge is -2.16. The van der Waals surface area contributed by atoms with Crippen LogP contribution in [0.2, 0.25) is 0 Å². The Hall–Kier alpha value is -2.09. The summed E-state index contributed by atoms with van der Waals surface area (Å²) in [6.07, 6.45) is 3.94. The smallest absolute Gasteiger partial charge is 0.230 e. The van der Waals surface area contributed by atoms with E-state index in [9.17, 15) is 4.79 Å². The molecule has 0 bridgehead atoms. The van der Waals surface area contributed by atoms with Crippen LogP contribution in [0, 0.1) is 6.92 Å². The lowest BCUT2D eigenvalue weighted by atomic mass is 9.94. The van der Waals surface area contributed by atoms with Gasteiger partial charge in [-0.25, -0.2) is 0 Å². The zero-order chi connectivity index (χ0) is 15.4. The molecule has 114 valence electrons. The van der Waals surface area contributed by atoms with Gasteiger partial charge < -0.3 is 5.32 Å². The number of carbonyl (C=O) groups excluding carboxylic acids is 1. The van der Waals surface area contributed by atoms with Gasteiger partial charge in [-0.3, -0.25) is 4.79 Å². The average Bonchev–Trinajstić information content (AvgIpc) is 3.35. The molecule has 1 aliphatic rings. The second-order valence-corrected chi connectivity index (χ2v) is 6.29. The predicted octanol–water partition coefficient (Wildman–Crippen LogP) is 3.78. The summed E-state index contributed by atoms with van der Waals surface area (Å²) in [6.45, 7) is 2.83. The number of hydrogen-bond donors (Lipinski definition) is 1. The Morgan fingerprint density at radius 1 is 1.05 bits per heavy atom. The molecular formula is C20H23NO. The Balaban J connectivity index is 1.51. The molecule has 1 fully saturated rings. The van der Waals surface area contributed by atoms with E-state index in [2.05, 4.69) is 60.8 Å². The van der Waals surface area contributed by atoms with Gasteiger partial charge >= 0.3 is 0 Å². The van der Waals surface area contributed by atoms with E-state index in [1.807, 2.05) is 6.07 Å². The fourth-order valence-corrected chi connectivity index (χ4v) is 2.95. The third-order valence-corrected chi connectivity index (χ3v) is 4.56. The van der Waals surface area contributed by atoms with Gasteiger partial charge in [0.15, 0.2) is 0 Å². The van der Waals surface area contributed by atoms with Crippen LogP contribution < -0.4 is 5.32 Å². The second-order valence-electron chi connectivity index (χ2n) is 6.29. The number of rotatable bonds is 6. The molecule has 1 amide bonds. The standard InChI is InChI=1S/C20H23NO/c1-16-9-11-18(12-10-16)20(13-14-20)19(22)21-15-5-8-17-6-3-2-4-7-17/h2-4,6-7,9-12H,5,8,13-15H2,1H3,(H,21,22). The Morgan fingerprint density at radius 2 is 1.73 bits per heavy atom. The quantitative estimate of drug-likeness (QED) is 0.807. The molecule has 0 aliphatic heterocycles. The second kappa shape index (κ2) is 6.35. The summed E-state index contributed by atoms with van der Waals surface area (Å²) in [6, 6.07) is 18.8. The summed E-state index contributed by atoms with van der Waals surface area (Å²) >= 11 is 0. The van der Waals surface area contributed by atoms with E-state index in [0.717, 1.165) is 32.2 Å². The maximum atomic E-state index is 12.5. The maximum Gasteiger partial charge on any atom is 0.230 e. The first-order valence-corrected chi connectivity index (χ1v) is 8.10. The van der Waals surface area contributed by atoms with Crippen LogP contribution in [0.25, 0.3) is 0 Å². The van der Waals surface area contributed by atoms with Crippen LogP contribution in [0.4, 0.5) is 0 Å². The van der Waals surface area contributed by atoms with Crippen LogP contribution >= 0.6 is 0 Å². The normalized spacial score (nSPS) is 15.3. The number of amides is 1. The van der Waals surface area contributed by atoms with Gasteiger partial charge in [0.25, 0.3) is 0 Å². The van der Waals surface area contributed by atoms with Gasteiger partial charge in [0.2, 0.25) is 5.91 Å². The van der Waals surface area contributed by atoms with Crippen LogP contribution in [-0.4, -0.2) is 12.5 Å². The molecule has 2 nitrogen and oxygen atoms in total. The minimum absolute atomic E-state index is 0.199. The van der Waals surface area contributed by atoms with Crippen LogP contribution in [-0.2, 0) is 16.6 Å². The molecule has 0 radical (unpaired) electrons. The summed E-state index contributed by atoms with van der Waals surface area (Å²) in [5.41, 5.74) is 3.48. The molecule has 1 saturated carbocycles. The van der Waals surface area contributed by atoms with Crippen molar-refractivity contribution in [3.05, 3.63) is 71.3 Å². The molecule has 22 heavy (non-hydrogen) atoms. The van der Waals surface area contributed by atoms with E-state index >= 15 is 0 Å². The van der Waals surface area contributed by atoms with Crippen molar-refractivity contribution in [1.82, 2.24) is 5.32 Å². The number of carbonyl (C=O) groups is 1. The van der Waals surface area contributed by atoms with E-state index in [-0.39, 0.29) is 11.3 Å². The van der Waals surface area contributed by atoms with Crippen molar-refractivity contribution in [3.63, 3.8) is 0 Å². The molecule has 1 aliphatic carbocycles. The fourth-order valence-electron chi connectivity index (χ4n) is 2.95. The van der Waals surface area contributed by atoms with Crippen molar-refractivity contribution < 1.29 is 4.79 Å². The van der Waals surface area contributed by atoms with Crippen LogP contribution in [0.5, 0.6) is 0 Å². The zero-order valence-corrected chi connectivity index (χ0v) is 13.1. The Bertz CT molecular complexity index is 627. The summed E-state index contributed by atoms with van der Waals surface area (Å²) in [5, 5.41) is 3.13. The number of benzene rings is 2. The van der Waals surface area contributed by atoms with Gasteiger partial charge in [0, 0.05) is 6.54 Å². The molecule has 0 aromatic heterocycles. The highest BCUT2D eigenvalue weighted by Crippen LogP contribution is 2.48. The molecule has 0 atom stereocenters. The molecule has 0 spiro atoms. The van der Waals surface area contributed by atoms with Crippen molar-refractivity contribution in [2.75, 3.05) is 6.54 Å². The Labute approximate surface area is 132 Å². The Morgan fingerprint density at radius 3 is 2.36 bits per heavy atom. The van der Waals surface area contributed by atoms with Gasteiger partial charge in [0.1, 0.15) is 0 Å². The number of aryl methyl sites for hydroxylation is 2. The molecular weight excluding hydrogens is 270 g/mol. The lowest BCUT2D eigenvalue weighted by molar-refractivity contribution is -0.123. The van der Waals surface area contributed by atoms with Crippen LogP contribution in [0.1, 0.15) is 36.0 Å². The topological polar surface area (TPSA) is 29.1 Å². The summed E-state index contributed by atoms with van der Waals surface area (Å²) < 4.78 is 0. The summed E-state index contributed by atoms with van der Waals surface area (Å²) in [5.74, 6) is 0.199. The van der Waals surface area contributed by atoms with Gasteiger partial charge in [-0.2, -0.15) is 0 Å². The maximum absolute atomic E-state index is 12.5. The minimum atomic E-state index is -0.250. The highest BCUT2D eigenvalue weighted by molar-refractivity contribution is 5.91. The van der Waals surface area contributed by atoms with Gasteiger partial charge in [-0.1, -0.05) is 60.2 Å². The molecule has 0 unspecified atom stereocenters. The van der Waals surface area contributed by atoms with Crippen molar-refractivity contribution in [2.45, 2.75) is 38.0 Å². The minimum Gasteiger partial charge on any atom is -0.355 e. The van der Waals surface area contributed by atoms with Crippen molar-refractivity contribution in [1.29, 1.82) is 0 Å². The van der Waals surface area contributed by atoms with Crippen molar-refractivity contribution >= 4 is 5.91 Å². The first-order chi connectivity index (χ1) is 10.7. The molecule has 2 heteroatoms. The molecule has 0 heterocycles. The van der Waals surface area contributed by atoms with Gasteiger partial charge in [-0.05, 0) is 43.7 Å². The average molecular weight is 293 g/mol. The molecule has 0 saturated heterocycles. The summed E-state index contributed by atoms with van der Waals surface area (Å²) in [4.78, 5) is 12.5. The van der Waals surface area contributed by atoms with E-state index in [1.165, 1.54) is 16.7 Å². The third-order valence-electron chi connectivity index (χ3n) is 4.56. The summed E-state index contributed by atoms with van der Waals surface area (Å²) in [7, 11) is 0. The molecule has 2 aromatic rings. The van der Waals surface area contributed by atoms with E-state index < -0.39 is 0 Å². The van der Waals surface area contributed by atoms with Gasteiger partial charge in [0.05, 0.1) is 5.41 Å². The van der Waals surface area contributed by atoms with E-state index in [4.69, 9.17) is 0 Å². The first kappa shape index (κ1) is 14.8. The molecule has 3 rings (SSSR count). The largest absolute Gasteiger partial charge is 0.355 e. The van der Waals surface area contributed by atoms with Crippen LogP contribution in [0.15, 0.2) is 54.6 Å².